The number of aromatic nitrogens is 1. The monoisotopic (exact) mass is 221 g/mol. The molecule has 0 unspecified atom stereocenters. The molecule has 0 saturated heterocycles. The van der Waals surface area contributed by atoms with E-state index in [1.54, 1.807) is 23.9 Å². The van der Waals surface area contributed by atoms with Crippen LogP contribution in [0.4, 0.5) is 11.4 Å². The first-order valence-electron chi connectivity index (χ1n) is 4.38. The van der Waals surface area contributed by atoms with Crippen molar-refractivity contribution in [1.82, 2.24) is 4.57 Å². The van der Waals surface area contributed by atoms with E-state index in [1.165, 1.54) is 6.07 Å². The highest BCUT2D eigenvalue weighted by atomic mass is 16.6. The van der Waals surface area contributed by atoms with E-state index in [9.17, 15) is 20.2 Å². The van der Waals surface area contributed by atoms with Gasteiger partial charge in [0.15, 0.2) is 0 Å². The number of hydrogen-bond donors (Lipinski definition) is 0. The third kappa shape index (κ3) is 1.38. The number of hydrogen-bond acceptors (Lipinski definition) is 4. The first-order valence-corrected chi connectivity index (χ1v) is 4.38. The van der Waals surface area contributed by atoms with Crippen LogP contribution in [0.3, 0.4) is 0 Å². The molecule has 82 valence electrons. The van der Waals surface area contributed by atoms with Crippen molar-refractivity contribution in [2.24, 2.45) is 7.05 Å². The highest BCUT2D eigenvalue weighted by molar-refractivity contribution is 5.91. The average molecular weight is 221 g/mol. The molecule has 1 heterocycles. The third-order valence-corrected chi connectivity index (χ3v) is 2.37. The number of nitro groups is 2. The van der Waals surface area contributed by atoms with Crippen LogP contribution in [0.2, 0.25) is 0 Å². The summed E-state index contributed by atoms with van der Waals surface area (Å²) in [6, 6.07) is 3.86. The zero-order valence-corrected chi connectivity index (χ0v) is 8.28. The Hall–Kier alpha value is -2.44. The summed E-state index contributed by atoms with van der Waals surface area (Å²) in [6.07, 6.45) is 1.63. The van der Waals surface area contributed by atoms with E-state index in [0.29, 0.717) is 10.9 Å². The maximum atomic E-state index is 10.8. The summed E-state index contributed by atoms with van der Waals surface area (Å²) in [7, 11) is 1.68. The summed E-state index contributed by atoms with van der Waals surface area (Å²) < 4.78 is 1.61. The topological polar surface area (TPSA) is 91.2 Å². The summed E-state index contributed by atoms with van der Waals surface area (Å²) >= 11 is 0. The average Bonchev–Trinajstić information content (AvgIpc) is 2.59. The molecule has 1 aromatic carbocycles. The molecule has 0 spiro atoms. The Bertz CT molecular complexity index is 602. The quantitative estimate of drug-likeness (QED) is 0.572. The van der Waals surface area contributed by atoms with Crippen LogP contribution in [0.25, 0.3) is 10.9 Å². The Morgan fingerprint density at radius 1 is 1.19 bits per heavy atom. The van der Waals surface area contributed by atoms with Crippen molar-refractivity contribution in [3.63, 3.8) is 0 Å². The first-order chi connectivity index (χ1) is 7.50. The molecular formula is C9H7N3O4. The molecule has 0 aliphatic heterocycles. The molecule has 1 aromatic heterocycles. The molecular weight excluding hydrogens is 214 g/mol. The van der Waals surface area contributed by atoms with Crippen LogP contribution in [-0.2, 0) is 7.05 Å². The van der Waals surface area contributed by atoms with Gasteiger partial charge < -0.3 is 4.57 Å². The first kappa shape index (κ1) is 10.1. The van der Waals surface area contributed by atoms with Gasteiger partial charge in [0.1, 0.15) is 0 Å². The minimum Gasteiger partial charge on any atom is -0.350 e. The van der Waals surface area contributed by atoms with Gasteiger partial charge in [-0.05, 0) is 6.07 Å². The lowest BCUT2D eigenvalue weighted by Gasteiger charge is -1.98. The standard InChI is InChI=1S/C9H7N3O4/c1-10-3-2-7-8(10)4-6(11(13)14)5-9(7)12(15)16/h2-5H,1H3. The zero-order valence-electron chi connectivity index (χ0n) is 8.28. The molecule has 0 amide bonds. The van der Waals surface area contributed by atoms with Crippen molar-refractivity contribution in [3.05, 3.63) is 44.6 Å². The fraction of sp³-hybridized carbons (Fsp3) is 0.111. The number of fused-ring (bicyclic) bond motifs is 1. The Kier molecular flexibility index (Phi) is 2.08. The Morgan fingerprint density at radius 2 is 1.88 bits per heavy atom. The lowest BCUT2D eigenvalue weighted by atomic mass is 10.2. The summed E-state index contributed by atoms with van der Waals surface area (Å²) in [4.78, 5) is 20.1. The maximum absolute atomic E-state index is 10.8. The van der Waals surface area contributed by atoms with Gasteiger partial charge in [0.25, 0.3) is 11.4 Å². The van der Waals surface area contributed by atoms with E-state index in [1.807, 2.05) is 0 Å². The van der Waals surface area contributed by atoms with Crippen LogP contribution in [0, 0.1) is 20.2 Å². The molecule has 7 nitrogen and oxygen atoms in total. The fourth-order valence-corrected chi connectivity index (χ4v) is 1.59. The van der Waals surface area contributed by atoms with Crippen LogP contribution in [-0.4, -0.2) is 14.4 Å². The second kappa shape index (κ2) is 3.30. The summed E-state index contributed by atoms with van der Waals surface area (Å²) in [6.45, 7) is 0. The van der Waals surface area contributed by atoms with Gasteiger partial charge in [-0.15, -0.1) is 0 Å². The number of aryl methyl sites for hydroxylation is 1. The van der Waals surface area contributed by atoms with Crippen LogP contribution < -0.4 is 0 Å². The van der Waals surface area contributed by atoms with E-state index >= 15 is 0 Å². The van der Waals surface area contributed by atoms with Crippen LogP contribution in [0.1, 0.15) is 0 Å². The second-order valence-electron chi connectivity index (χ2n) is 3.34. The minimum atomic E-state index is -0.639. The van der Waals surface area contributed by atoms with Crippen molar-refractivity contribution in [3.8, 4) is 0 Å². The molecule has 0 fully saturated rings. The van der Waals surface area contributed by atoms with E-state index in [-0.39, 0.29) is 11.4 Å². The van der Waals surface area contributed by atoms with Crippen molar-refractivity contribution in [2.75, 3.05) is 0 Å². The Labute approximate surface area is 89.2 Å². The highest BCUT2D eigenvalue weighted by Crippen LogP contribution is 2.31. The summed E-state index contributed by atoms with van der Waals surface area (Å²) in [5, 5.41) is 21.8. The molecule has 0 saturated carbocycles. The van der Waals surface area contributed by atoms with Crippen LogP contribution in [0.15, 0.2) is 24.4 Å². The molecule has 0 N–H and O–H groups in total. The van der Waals surface area contributed by atoms with Gasteiger partial charge >= 0.3 is 0 Å². The van der Waals surface area contributed by atoms with Crippen molar-refractivity contribution < 1.29 is 9.85 Å². The lowest BCUT2D eigenvalue weighted by Crippen LogP contribution is -1.94. The number of benzene rings is 1. The van der Waals surface area contributed by atoms with Gasteiger partial charge in [0, 0.05) is 19.3 Å². The Balaban J connectivity index is 2.86. The fourth-order valence-electron chi connectivity index (χ4n) is 1.59. The maximum Gasteiger partial charge on any atom is 0.285 e. The molecule has 7 heteroatoms. The summed E-state index contributed by atoms with van der Waals surface area (Å²) in [5.74, 6) is 0. The predicted octanol–water partition coefficient (Wildman–Crippen LogP) is 1.99. The predicted molar refractivity (Wildman–Crippen MR) is 56.2 cm³/mol. The van der Waals surface area contributed by atoms with E-state index < -0.39 is 9.85 Å². The largest absolute Gasteiger partial charge is 0.350 e. The van der Waals surface area contributed by atoms with Crippen molar-refractivity contribution >= 4 is 22.3 Å². The lowest BCUT2D eigenvalue weighted by molar-refractivity contribution is -0.393. The Morgan fingerprint density at radius 3 is 2.44 bits per heavy atom. The van der Waals surface area contributed by atoms with Gasteiger partial charge in [-0.1, -0.05) is 0 Å². The van der Waals surface area contributed by atoms with Gasteiger partial charge in [-0.2, -0.15) is 0 Å². The zero-order chi connectivity index (χ0) is 11.9. The van der Waals surface area contributed by atoms with E-state index in [2.05, 4.69) is 0 Å². The van der Waals surface area contributed by atoms with Crippen LogP contribution >= 0.6 is 0 Å². The van der Waals surface area contributed by atoms with Gasteiger partial charge in [0.05, 0.1) is 26.8 Å². The van der Waals surface area contributed by atoms with Gasteiger partial charge in [-0.25, -0.2) is 0 Å². The molecule has 16 heavy (non-hydrogen) atoms. The molecule has 0 aliphatic carbocycles. The second-order valence-corrected chi connectivity index (χ2v) is 3.34. The molecule has 2 rings (SSSR count). The normalized spacial score (nSPS) is 10.6. The van der Waals surface area contributed by atoms with Gasteiger partial charge in [-0.3, -0.25) is 20.2 Å². The SMILES string of the molecule is Cn1ccc2c([N+](=O)[O-])cc([N+](=O)[O-])cc21. The minimum absolute atomic E-state index is 0.246. The molecule has 0 radical (unpaired) electrons. The van der Waals surface area contributed by atoms with E-state index in [4.69, 9.17) is 0 Å². The molecule has 0 bridgehead atoms. The number of non-ortho nitro benzene ring substituents is 2. The highest BCUT2D eigenvalue weighted by Gasteiger charge is 2.20. The van der Waals surface area contributed by atoms with Crippen molar-refractivity contribution in [2.45, 2.75) is 0 Å². The number of rotatable bonds is 2. The van der Waals surface area contributed by atoms with Crippen molar-refractivity contribution in [1.29, 1.82) is 0 Å². The molecule has 2 aromatic rings. The van der Waals surface area contributed by atoms with Crippen LogP contribution in [0.5, 0.6) is 0 Å². The molecule has 0 aliphatic rings. The molecule has 0 atom stereocenters. The third-order valence-electron chi connectivity index (χ3n) is 2.37. The summed E-state index contributed by atoms with van der Waals surface area (Å²) in [5.41, 5.74) is -0.0494. The smallest absolute Gasteiger partial charge is 0.285 e. The number of nitrogens with zero attached hydrogens (tertiary/aromatic N) is 3. The van der Waals surface area contributed by atoms with E-state index in [0.717, 1.165) is 6.07 Å². The van der Waals surface area contributed by atoms with Gasteiger partial charge in [0.2, 0.25) is 0 Å². The number of nitro benzene ring substituents is 2.